The zero-order valence-electron chi connectivity index (χ0n) is 11.4. The summed E-state index contributed by atoms with van der Waals surface area (Å²) in [7, 11) is 1.59. The molecule has 0 aliphatic carbocycles. The Labute approximate surface area is 117 Å². The molecule has 1 aromatic rings. The summed E-state index contributed by atoms with van der Waals surface area (Å²) in [5.41, 5.74) is 0. The van der Waals surface area contributed by atoms with E-state index in [4.69, 9.17) is 9.84 Å². The number of aryl methyl sites for hydroxylation is 1. The Morgan fingerprint density at radius 3 is 2.68 bits per heavy atom. The summed E-state index contributed by atoms with van der Waals surface area (Å²) < 4.78 is 5.26. The largest absolute Gasteiger partial charge is 0.495 e. The van der Waals surface area contributed by atoms with Gasteiger partial charge in [0.2, 0.25) is 0 Å². The summed E-state index contributed by atoms with van der Waals surface area (Å²) in [5, 5.41) is 8.91. The first-order chi connectivity index (χ1) is 9.15. The van der Waals surface area contributed by atoms with Gasteiger partial charge >= 0.3 is 0 Å². The fraction of sp³-hybridized carbons (Fsp3) is 0.615. The lowest BCUT2D eigenvalue weighted by Crippen LogP contribution is -2.49. The Morgan fingerprint density at radius 2 is 2.11 bits per heavy atom. The quantitative estimate of drug-likeness (QED) is 0.889. The molecule has 6 heteroatoms. The van der Waals surface area contributed by atoms with Gasteiger partial charge in [-0.3, -0.25) is 9.69 Å². The van der Waals surface area contributed by atoms with Crippen molar-refractivity contribution in [2.45, 2.75) is 6.92 Å². The number of thiophene rings is 1. The maximum Gasteiger partial charge on any atom is 0.267 e. The van der Waals surface area contributed by atoms with E-state index in [0.717, 1.165) is 18.0 Å². The van der Waals surface area contributed by atoms with E-state index < -0.39 is 0 Å². The fourth-order valence-electron chi connectivity index (χ4n) is 2.25. The van der Waals surface area contributed by atoms with Crippen LogP contribution >= 0.6 is 11.3 Å². The minimum Gasteiger partial charge on any atom is -0.495 e. The zero-order valence-corrected chi connectivity index (χ0v) is 12.2. The third-order valence-electron chi connectivity index (χ3n) is 3.31. The molecule has 0 bridgehead atoms. The van der Waals surface area contributed by atoms with E-state index in [9.17, 15) is 4.79 Å². The normalized spacial score (nSPS) is 16.7. The highest BCUT2D eigenvalue weighted by Crippen LogP contribution is 2.30. The minimum absolute atomic E-state index is 0.0543. The molecule has 1 aliphatic heterocycles. The highest BCUT2D eigenvalue weighted by molar-refractivity contribution is 7.14. The molecular weight excluding hydrogens is 264 g/mol. The molecular formula is C13H20N2O3S. The SMILES string of the molecule is COc1cc(C)sc1C(=O)N1CCN(CCO)CC1. The number of methoxy groups -OCH3 is 1. The third-order valence-corrected chi connectivity index (χ3v) is 4.33. The highest BCUT2D eigenvalue weighted by atomic mass is 32.1. The molecule has 1 aromatic heterocycles. The number of carbonyl (C=O) groups excluding carboxylic acids is 1. The predicted molar refractivity (Wildman–Crippen MR) is 75.0 cm³/mol. The minimum atomic E-state index is 0.0543. The van der Waals surface area contributed by atoms with Gasteiger partial charge in [0.05, 0.1) is 13.7 Å². The lowest BCUT2D eigenvalue weighted by Gasteiger charge is -2.34. The molecule has 1 N–H and O–H groups in total. The monoisotopic (exact) mass is 284 g/mol. The van der Waals surface area contributed by atoms with Gasteiger partial charge in [0, 0.05) is 37.6 Å². The van der Waals surface area contributed by atoms with Crippen LogP contribution in [0.2, 0.25) is 0 Å². The van der Waals surface area contributed by atoms with Gasteiger partial charge in [-0.15, -0.1) is 11.3 Å². The van der Waals surface area contributed by atoms with Crippen molar-refractivity contribution in [1.82, 2.24) is 9.80 Å². The van der Waals surface area contributed by atoms with Crippen LogP contribution in [-0.4, -0.2) is 67.3 Å². The molecule has 1 aliphatic rings. The number of piperazine rings is 1. The molecule has 1 amide bonds. The smallest absolute Gasteiger partial charge is 0.267 e. The Kier molecular flexibility index (Phi) is 4.79. The van der Waals surface area contributed by atoms with Crippen molar-refractivity contribution >= 4 is 17.2 Å². The summed E-state index contributed by atoms with van der Waals surface area (Å²) in [5.74, 6) is 0.726. The van der Waals surface area contributed by atoms with Gasteiger partial charge in [-0.1, -0.05) is 0 Å². The summed E-state index contributed by atoms with van der Waals surface area (Å²) in [4.78, 5) is 18.2. The molecule has 106 valence electrons. The van der Waals surface area contributed by atoms with Crippen LogP contribution in [0, 0.1) is 6.92 Å². The standard InChI is InChI=1S/C13H20N2O3S/c1-10-9-11(18-2)12(19-10)13(17)15-5-3-14(4-6-15)7-8-16/h9,16H,3-8H2,1-2H3. The number of hydrogen-bond acceptors (Lipinski definition) is 5. The third kappa shape index (κ3) is 3.26. The van der Waals surface area contributed by atoms with Gasteiger partial charge in [0.25, 0.3) is 5.91 Å². The number of aliphatic hydroxyl groups excluding tert-OH is 1. The van der Waals surface area contributed by atoms with Gasteiger partial charge in [0.15, 0.2) is 0 Å². The van der Waals surface area contributed by atoms with Crippen molar-refractivity contribution in [2.24, 2.45) is 0 Å². The topological polar surface area (TPSA) is 53.0 Å². The molecule has 0 aromatic carbocycles. The summed E-state index contributed by atoms with van der Waals surface area (Å²) in [6.45, 7) is 5.88. The molecule has 1 fully saturated rings. The molecule has 2 rings (SSSR count). The highest BCUT2D eigenvalue weighted by Gasteiger charge is 2.25. The molecule has 1 saturated heterocycles. The number of rotatable bonds is 4. The van der Waals surface area contributed by atoms with Crippen LogP contribution in [-0.2, 0) is 0 Å². The molecule has 0 saturated carbocycles. The summed E-state index contributed by atoms with van der Waals surface area (Å²) >= 11 is 1.48. The average Bonchev–Trinajstić information content (AvgIpc) is 2.80. The van der Waals surface area contributed by atoms with Gasteiger partial charge in [-0.2, -0.15) is 0 Å². The first-order valence-electron chi connectivity index (χ1n) is 6.42. The van der Waals surface area contributed by atoms with E-state index in [2.05, 4.69) is 4.90 Å². The number of ether oxygens (including phenoxy) is 1. The van der Waals surface area contributed by atoms with E-state index >= 15 is 0 Å². The number of carbonyl (C=O) groups is 1. The number of amides is 1. The molecule has 5 nitrogen and oxygen atoms in total. The Morgan fingerprint density at radius 1 is 1.42 bits per heavy atom. The van der Waals surface area contributed by atoms with Gasteiger partial charge in [-0.05, 0) is 13.0 Å². The second-order valence-electron chi connectivity index (χ2n) is 4.61. The van der Waals surface area contributed by atoms with Crippen LogP contribution in [0.25, 0.3) is 0 Å². The maximum atomic E-state index is 12.4. The summed E-state index contributed by atoms with van der Waals surface area (Å²) in [6, 6.07) is 1.90. The lowest BCUT2D eigenvalue weighted by atomic mass is 10.3. The van der Waals surface area contributed by atoms with Crippen LogP contribution < -0.4 is 4.74 Å². The Balaban J connectivity index is 2.01. The van der Waals surface area contributed by atoms with Crippen LogP contribution in [0.5, 0.6) is 5.75 Å². The maximum absolute atomic E-state index is 12.4. The zero-order chi connectivity index (χ0) is 13.8. The second-order valence-corrected chi connectivity index (χ2v) is 5.87. The van der Waals surface area contributed by atoms with Crippen molar-refractivity contribution in [1.29, 1.82) is 0 Å². The fourth-order valence-corrected chi connectivity index (χ4v) is 3.20. The number of aliphatic hydroxyl groups is 1. The van der Waals surface area contributed by atoms with Gasteiger partial charge in [-0.25, -0.2) is 0 Å². The Hall–Kier alpha value is -1.11. The molecule has 2 heterocycles. The van der Waals surface area contributed by atoms with E-state index in [1.54, 1.807) is 7.11 Å². The average molecular weight is 284 g/mol. The van der Waals surface area contributed by atoms with E-state index in [-0.39, 0.29) is 12.5 Å². The lowest BCUT2D eigenvalue weighted by molar-refractivity contribution is 0.0617. The van der Waals surface area contributed by atoms with Crippen molar-refractivity contribution < 1.29 is 14.6 Å². The van der Waals surface area contributed by atoms with Crippen LogP contribution in [0.1, 0.15) is 14.5 Å². The van der Waals surface area contributed by atoms with E-state index in [1.807, 2.05) is 17.9 Å². The number of nitrogens with zero attached hydrogens (tertiary/aromatic N) is 2. The Bertz CT molecular complexity index is 439. The molecule has 19 heavy (non-hydrogen) atoms. The van der Waals surface area contributed by atoms with Gasteiger partial charge in [0.1, 0.15) is 10.6 Å². The van der Waals surface area contributed by atoms with Crippen LogP contribution in [0.15, 0.2) is 6.07 Å². The van der Waals surface area contributed by atoms with Crippen molar-refractivity contribution in [3.05, 3.63) is 15.8 Å². The van der Waals surface area contributed by atoms with Crippen molar-refractivity contribution in [2.75, 3.05) is 46.4 Å². The predicted octanol–water partition coefficient (Wildman–Crippen LogP) is 0.815. The van der Waals surface area contributed by atoms with E-state index in [1.165, 1.54) is 11.3 Å². The van der Waals surface area contributed by atoms with Crippen LogP contribution in [0.4, 0.5) is 0 Å². The van der Waals surface area contributed by atoms with E-state index in [0.29, 0.717) is 30.3 Å². The first-order valence-corrected chi connectivity index (χ1v) is 7.24. The molecule has 0 radical (unpaired) electrons. The summed E-state index contributed by atoms with van der Waals surface area (Å²) in [6.07, 6.45) is 0. The van der Waals surface area contributed by atoms with Crippen LogP contribution in [0.3, 0.4) is 0 Å². The number of β-amino-alcohol motifs (C(OH)–C–C–N with tert-alkyl or cyclic N) is 1. The molecule has 0 atom stereocenters. The second kappa shape index (κ2) is 6.36. The van der Waals surface area contributed by atoms with Gasteiger partial charge < -0.3 is 14.7 Å². The molecule has 0 unspecified atom stereocenters. The van der Waals surface area contributed by atoms with Crippen molar-refractivity contribution in [3.63, 3.8) is 0 Å². The first kappa shape index (κ1) is 14.3. The number of hydrogen-bond donors (Lipinski definition) is 1. The molecule has 0 spiro atoms. The van der Waals surface area contributed by atoms with Crippen molar-refractivity contribution in [3.8, 4) is 5.75 Å².